The van der Waals surface area contributed by atoms with Crippen LogP contribution < -0.4 is 5.73 Å². The number of aromatic nitrogens is 2. The van der Waals surface area contributed by atoms with Gasteiger partial charge in [0.2, 0.25) is 0 Å². The van der Waals surface area contributed by atoms with E-state index in [1.165, 1.54) is 5.69 Å². The van der Waals surface area contributed by atoms with E-state index in [0.717, 1.165) is 41.5 Å². The van der Waals surface area contributed by atoms with Gasteiger partial charge in [-0.05, 0) is 26.8 Å². The summed E-state index contributed by atoms with van der Waals surface area (Å²) in [4.78, 5) is 22.1. The Bertz CT molecular complexity index is 1010. The van der Waals surface area contributed by atoms with E-state index in [-0.39, 0.29) is 6.09 Å². The lowest BCUT2D eigenvalue weighted by Crippen LogP contribution is -2.49. The summed E-state index contributed by atoms with van der Waals surface area (Å²) >= 11 is 1.64. The first-order chi connectivity index (χ1) is 14.8. The number of hydrogen-bond donors (Lipinski definition) is 1. The first kappa shape index (κ1) is 23.1. The maximum atomic E-state index is 12.2. The Morgan fingerprint density at radius 2 is 1.84 bits per heavy atom. The van der Waals surface area contributed by atoms with E-state index in [1.807, 2.05) is 58.9 Å². The van der Waals surface area contributed by atoms with E-state index in [0.29, 0.717) is 13.1 Å². The number of anilines is 1. The second-order valence-electron chi connectivity index (χ2n) is 8.34. The van der Waals surface area contributed by atoms with Gasteiger partial charge in [0, 0.05) is 61.2 Å². The van der Waals surface area contributed by atoms with E-state index in [4.69, 9.17) is 15.5 Å². The predicted molar refractivity (Wildman–Crippen MR) is 127 cm³/mol. The normalized spacial score (nSPS) is 14.9. The third-order valence-electron chi connectivity index (χ3n) is 4.93. The van der Waals surface area contributed by atoms with Crippen LogP contribution in [0.25, 0.3) is 16.2 Å². The molecule has 168 valence electrons. The summed E-state index contributed by atoms with van der Waals surface area (Å²) in [6, 6.07) is 7.80. The molecule has 0 aliphatic carbocycles. The molecule has 1 aliphatic heterocycles. The molecule has 0 radical (unpaired) electrons. The number of nitrogens with zero attached hydrogens (tertiary/aromatic N) is 4. The third kappa shape index (κ3) is 5.57. The molecule has 3 aromatic rings. The number of fused-ring (bicyclic) bond motifs is 1. The molecule has 31 heavy (non-hydrogen) atoms. The van der Waals surface area contributed by atoms with Gasteiger partial charge in [-0.25, -0.2) is 9.78 Å². The van der Waals surface area contributed by atoms with Crippen LogP contribution in [-0.2, 0) is 11.3 Å². The number of para-hydroxylation sites is 1. The Hall–Kier alpha value is -2.58. The smallest absolute Gasteiger partial charge is 0.410 e. The Balaban J connectivity index is 0.00000132. The van der Waals surface area contributed by atoms with Crippen LogP contribution >= 0.6 is 11.3 Å². The largest absolute Gasteiger partial charge is 0.444 e. The monoisotopic (exact) mass is 443 g/mol. The van der Waals surface area contributed by atoms with Gasteiger partial charge in [0.1, 0.15) is 5.60 Å². The van der Waals surface area contributed by atoms with Gasteiger partial charge >= 0.3 is 6.09 Å². The van der Waals surface area contributed by atoms with E-state index in [9.17, 15) is 4.79 Å². The van der Waals surface area contributed by atoms with Crippen LogP contribution in [0.3, 0.4) is 0 Å². The van der Waals surface area contributed by atoms with E-state index in [1.54, 1.807) is 16.2 Å². The summed E-state index contributed by atoms with van der Waals surface area (Å²) in [5.74, 6) is 0. The van der Waals surface area contributed by atoms with Crippen molar-refractivity contribution in [3.8, 4) is 11.3 Å². The number of hydrogen-bond acceptors (Lipinski definition) is 6. The Kier molecular flexibility index (Phi) is 7.23. The number of thiazole rings is 1. The maximum Gasteiger partial charge on any atom is 0.410 e. The molecule has 1 aromatic carbocycles. The van der Waals surface area contributed by atoms with Gasteiger partial charge in [-0.15, -0.1) is 11.3 Å². The van der Waals surface area contributed by atoms with Crippen LogP contribution in [0.15, 0.2) is 35.8 Å². The number of nitrogen functional groups attached to an aromatic ring is 1. The molecule has 2 N–H and O–H groups in total. The lowest BCUT2D eigenvalue weighted by Gasteiger charge is -2.35. The minimum absolute atomic E-state index is 0.227. The average molecular weight is 444 g/mol. The molecular weight excluding hydrogens is 410 g/mol. The van der Waals surface area contributed by atoms with E-state index >= 15 is 0 Å². The van der Waals surface area contributed by atoms with Gasteiger partial charge in [-0.2, -0.15) is 0 Å². The quantitative estimate of drug-likeness (QED) is 0.593. The minimum atomic E-state index is -0.461. The molecule has 0 atom stereocenters. The zero-order valence-corrected chi connectivity index (χ0v) is 19.9. The van der Waals surface area contributed by atoms with Gasteiger partial charge < -0.3 is 15.4 Å². The molecular formula is C23H33N5O2S. The van der Waals surface area contributed by atoms with Crippen LogP contribution in [0.1, 0.15) is 40.3 Å². The number of imidazole rings is 1. The molecule has 1 amide bonds. The number of benzene rings is 1. The van der Waals surface area contributed by atoms with Crippen molar-refractivity contribution in [2.24, 2.45) is 0 Å². The van der Waals surface area contributed by atoms with Gasteiger partial charge in [-0.1, -0.05) is 32.0 Å². The first-order valence-electron chi connectivity index (χ1n) is 10.8. The number of rotatable bonds is 3. The van der Waals surface area contributed by atoms with Crippen LogP contribution in [0.5, 0.6) is 0 Å². The Morgan fingerprint density at radius 1 is 1.16 bits per heavy atom. The number of nitrogens with two attached hydrogens (primary N) is 1. The number of ether oxygens (including phenoxy) is 1. The summed E-state index contributed by atoms with van der Waals surface area (Å²) in [5, 5.41) is 2.15. The molecule has 8 heteroatoms. The van der Waals surface area contributed by atoms with Gasteiger partial charge in [0.25, 0.3) is 0 Å². The third-order valence-corrected chi connectivity index (χ3v) is 5.82. The van der Waals surface area contributed by atoms with Gasteiger partial charge in [-0.3, -0.25) is 9.30 Å². The van der Waals surface area contributed by atoms with Crippen molar-refractivity contribution in [2.75, 3.05) is 31.9 Å². The standard InChI is InChI=1S/C21H27N5O2S.C2H6/c1-21(2,3)28-20(27)25-10-8-24(9-11-25)12-15-14-29-19-23-18(13-26(15)19)16-6-4-5-7-17(16)22;1-2/h4-7,13-14H,8-12,22H2,1-3H3;1-2H3. The van der Waals surface area contributed by atoms with Gasteiger partial charge in [0.15, 0.2) is 4.96 Å². The zero-order chi connectivity index (χ0) is 22.6. The highest BCUT2D eigenvalue weighted by molar-refractivity contribution is 7.15. The van der Waals surface area contributed by atoms with Crippen LogP contribution in [0.2, 0.25) is 0 Å². The van der Waals surface area contributed by atoms with E-state index in [2.05, 4.69) is 20.9 Å². The number of carbonyl (C=O) groups excluding carboxylic acids is 1. The molecule has 1 aliphatic rings. The molecule has 0 unspecified atom stereocenters. The van der Waals surface area contributed by atoms with Crippen molar-refractivity contribution in [3.05, 3.63) is 41.5 Å². The summed E-state index contributed by atoms with van der Waals surface area (Å²) in [6.45, 7) is 13.5. The highest BCUT2D eigenvalue weighted by Gasteiger charge is 2.26. The fourth-order valence-corrected chi connectivity index (χ4v) is 4.31. The lowest BCUT2D eigenvalue weighted by atomic mass is 10.1. The summed E-state index contributed by atoms with van der Waals surface area (Å²) < 4.78 is 7.62. The second-order valence-corrected chi connectivity index (χ2v) is 9.17. The van der Waals surface area contributed by atoms with Crippen molar-refractivity contribution in [2.45, 2.75) is 46.8 Å². The maximum absolute atomic E-state index is 12.2. The molecule has 0 spiro atoms. The molecule has 7 nitrogen and oxygen atoms in total. The van der Waals surface area contributed by atoms with Crippen molar-refractivity contribution in [1.82, 2.24) is 19.2 Å². The van der Waals surface area contributed by atoms with E-state index < -0.39 is 5.60 Å². The molecule has 4 rings (SSSR count). The average Bonchev–Trinajstić information content (AvgIpc) is 3.31. The number of carbonyl (C=O) groups is 1. The van der Waals surface area contributed by atoms with Gasteiger partial charge in [0.05, 0.1) is 5.69 Å². The predicted octanol–water partition coefficient (Wildman–Crippen LogP) is 4.72. The fraction of sp³-hybridized carbons (Fsp3) is 0.478. The highest BCUT2D eigenvalue weighted by Crippen LogP contribution is 2.28. The molecule has 0 saturated carbocycles. The van der Waals surface area contributed by atoms with Crippen LogP contribution in [-0.4, -0.2) is 57.1 Å². The second kappa shape index (κ2) is 9.70. The first-order valence-corrected chi connectivity index (χ1v) is 11.7. The van der Waals surface area contributed by atoms with Crippen molar-refractivity contribution in [1.29, 1.82) is 0 Å². The molecule has 3 heterocycles. The fourth-order valence-electron chi connectivity index (χ4n) is 3.45. The van der Waals surface area contributed by atoms with Crippen LogP contribution in [0, 0.1) is 0 Å². The SMILES string of the molecule is CC.CC(C)(C)OC(=O)N1CCN(Cc2csc3nc(-c4ccccc4N)cn23)CC1. The molecule has 1 saturated heterocycles. The topological polar surface area (TPSA) is 76.1 Å². The van der Waals surface area contributed by atoms with Crippen molar-refractivity contribution < 1.29 is 9.53 Å². The summed E-state index contributed by atoms with van der Waals surface area (Å²) in [5.41, 5.74) is 9.43. The summed E-state index contributed by atoms with van der Waals surface area (Å²) in [7, 11) is 0. The van der Waals surface area contributed by atoms with Crippen LogP contribution in [0.4, 0.5) is 10.5 Å². The zero-order valence-electron chi connectivity index (χ0n) is 19.1. The summed E-state index contributed by atoms with van der Waals surface area (Å²) in [6.07, 6.45) is 1.83. The highest BCUT2D eigenvalue weighted by atomic mass is 32.1. The minimum Gasteiger partial charge on any atom is -0.444 e. The Morgan fingerprint density at radius 3 is 2.48 bits per heavy atom. The van der Waals surface area contributed by atoms with Crippen molar-refractivity contribution in [3.63, 3.8) is 0 Å². The lowest BCUT2D eigenvalue weighted by molar-refractivity contribution is 0.0138. The molecule has 0 bridgehead atoms. The number of piperazine rings is 1. The van der Waals surface area contributed by atoms with Crippen molar-refractivity contribution >= 4 is 28.1 Å². The molecule has 2 aromatic heterocycles. The number of amides is 1. The Labute approximate surface area is 188 Å². The molecule has 1 fully saturated rings.